The fraction of sp³-hybridized carbons (Fsp3) is 0.250. The first-order valence-corrected chi connectivity index (χ1v) is 6.06. The molecule has 7 nitrogen and oxygen atoms in total. The number of para-hydroxylation sites is 1. The number of halogens is 1. The second-order valence-corrected chi connectivity index (χ2v) is 4.48. The van der Waals surface area contributed by atoms with Gasteiger partial charge in [0.1, 0.15) is 6.04 Å². The second-order valence-electron chi connectivity index (χ2n) is 4.07. The zero-order valence-corrected chi connectivity index (χ0v) is 11.2. The molecular formula is C12H14ClN3O4. The number of benzene rings is 1. The summed E-state index contributed by atoms with van der Waals surface area (Å²) in [5, 5.41) is 11.4. The molecule has 1 aromatic carbocycles. The van der Waals surface area contributed by atoms with Gasteiger partial charge in [0, 0.05) is 6.42 Å². The van der Waals surface area contributed by atoms with Crippen molar-refractivity contribution in [3.8, 4) is 0 Å². The molecule has 0 spiro atoms. The van der Waals surface area contributed by atoms with Crippen molar-refractivity contribution in [2.24, 2.45) is 5.73 Å². The lowest BCUT2D eigenvalue weighted by atomic mass is 10.1. The van der Waals surface area contributed by atoms with Crippen LogP contribution in [0.1, 0.15) is 23.2 Å². The summed E-state index contributed by atoms with van der Waals surface area (Å²) < 4.78 is 0. The van der Waals surface area contributed by atoms with E-state index in [1.165, 1.54) is 18.2 Å². The molecule has 1 aromatic rings. The molecule has 0 heterocycles. The lowest BCUT2D eigenvalue weighted by Crippen LogP contribution is -2.41. The number of hydrogen-bond acceptors (Lipinski definition) is 4. The van der Waals surface area contributed by atoms with E-state index in [4.69, 9.17) is 28.2 Å². The number of hydrogen-bond donors (Lipinski definition) is 4. The third-order valence-corrected chi connectivity index (χ3v) is 2.91. The Morgan fingerprint density at radius 2 is 2.00 bits per heavy atom. The highest BCUT2D eigenvalue weighted by Crippen LogP contribution is 2.22. The first-order chi connectivity index (χ1) is 9.32. The molecule has 2 amide bonds. The summed E-state index contributed by atoms with van der Waals surface area (Å²) in [6.45, 7) is 0. The van der Waals surface area contributed by atoms with E-state index in [0.717, 1.165) is 0 Å². The Kier molecular flexibility index (Phi) is 5.33. The highest BCUT2D eigenvalue weighted by atomic mass is 35.5. The summed E-state index contributed by atoms with van der Waals surface area (Å²) in [5.41, 5.74) is 10.7. The standard InChI is InChI=1S/C12H14ClN3O4/c13-7-3-1-2-6(10(7)15)11(18)16-8(12(19)20)4-5-9(14)17/h1-3,8H,4-5,15H2,(H2,14,17)(H,16,18)(H,19,20). The highest BCUT2D eigenvalue weighted by Gasteiger charge is 2.22. The zero-order chi connectivity index (χ0) is 15.3. The van der Waals surface area contributed by atoms with Gasteiger partial charge in [-0.1, -0.05) is 17.7 Å². The monoisotopic (exact) mass is 299 g/mol. The molecule has 6 N–H and O–H groups in total. The van der Waals surface area contributed by atoms with Crippen molar-refractivity contribution in [1.29, 1.82) is 0 Å². The number of primary amides is 1. The van der Waals surface area contributed by atoms with E-state index in [1.807, 2.05) is 0 Å². The first kappa shape index (κ1) is 15.8. The Morgan fingerprint density at radius 1 is 1.35 bits per heavy atom. The van der Waals surface area contributed by atoms with Crippen LogP contribution < -0.4 is 16.8 Å². The number of rotatable bonds is 6. The molecule has 1 atom stereocenters. The third-order valence-electron chi connectivity index (χ3n) is 2.58. The lowest BCUT2D eigenvalue weighted by Gasteiger charge is -2.14. The Labute approximate surface area is 119 Å². The summed E-state index contributed by atoms with van der Waals surface area (Å²) >= 11 is 5.78. The molecule has 8 heteroatoms. The van der Waals surface area contributed by atoms with Gasteiger partial charge in [-0.25, -0.2) is 4.79 Å². The van der Waals surface area contributed by atoms with Crippen LogP contribution in [0.3, 0.4) is 0 Å². The Balaban J connectivity index is 2.83. The Morgan fingerprint density at radius 3 is 2.55 bits per heavy atom. The van der Waals surface area contributed by atoms with Crippen LogP contribution in [0.4, 0.5) is 5.69 Å². The van der Waals surface area contributed by atoms with Crippen molar-refractivity contribution in [1.82, 2.24) is 5.32 Å². The van der Waals surface area contributed by atoms with E-state index in [2.05, 4.69) is 5.32 Å². The summed E-state index contributed by atoms with van der Waals surface area (Å²) in [5.74, 6) is -2.59. The Hall–Kier alpha value is -2.28. The van der Waals surface area contributed by atoms with E-state index in [0.29, 0.717) is 0 Å². The van der Waals surface area contributed by atoms with E-state index in [9.17, 15) is 14.4 Å². The van der Waals surface area contributed by atoms with Crippen molar-refractivity contribution in [3.05, 3.63) is 28.8 Å². The third kappa shape index (κ3) is 4.13. The second kappa shape index (κ2) is 6.76. The Bertz CT molecular complexity index is 548. The van der Waals surface area contributed by atoms with Crippen molar-refractivity contribution in [2.45, 2.75) is 18.9 Å². The SMILES string of the molecule is NC(=O)CCC(NC(=O)c1cccc(Cl)c1N)C(=O)O. The van der Waals surface area contributed by atoms with Crippen molar-refractivity contribution in [2.75, 3.05) is 5.73 Å². The number of nitrogens with two attached hydrogens (primary N) is 2. The first-order valence-electron chi connectivity index (χ1n) is 5.69. The van der Waals surface area contributed by atoms with Crippen LogP contribution in [-0.2, 0) is 9.59 Å². The quantitative estimate of drug-likeness (QED) is 0.563. The highest BCUT2D eigenvalue weighted by molar-refractivity contribution is 6.34. The van der Waals surface area contributed by atoms with E-state index in [1.54, 1.807) is 0 Å². The van der Waals surface area contributed by atoms with Crippen LogP contribution in [0, 0.1) is 0 Å². The molecule has 0 aliphatic heterocycles. The van der Waals surface area contributed by atoms with Crippen LogP contribution >= 0.6 is 11.6 Å². The van der Waals surface area contributed by atoms with Crippen LogP contribution in [0.2, 0.25) is 5.02 Å². The molecule has 0 aliphatic carbocycles. The summed E-state index contributed by atoms with van der Waals surface area (Å²) in [7, 11) is 0. The van der Waals surface area contributed by atoms with Crippen molar-refractivity contribution >= 4 is 35.1 Å². The number of amides is 2. The minimum atomic E-state index is -1.26. The molecule has 0 saturated carbocycles. The van der Waals surface area contributed by atoms with Gasteiger partial charge in [0.05, 0.1) is 16.3 Å². The molecule has 1 unspecified atom stereocenters. The number of carboxylic acid groups (broad SMARTS) is 1. The van der Waals surface area contributed by atoms with Gasteiger partial charge in [0.15, 0.2) is 0 Å². The number of carbonyl (C=O) groups is 3. The van der Waals surface area contributed by atoms with E-state index >= 15 is 0 Å². The number of anilines is 1. The minimum absolute atomic E-state index is 0.0608. The van der Waals surface area contributed by atoms with Gasteiger partial charge < -0.3 is 21.9 Å². The maximum absolute atomic E-state index is 11.9. The van der Waals surface area contributed by atoms with Gasteiger partial charge >= 0.3 is 5.97 Å². The average molecular weight is 300 g/mol. The van der Waals surface area contributed by atoms with Gasteiger partial charge in [-0.05, 0) is 18.6 Å². The fourth-order valence-electron chi connectivity index (χ4n) is 1.52. The average Bonchev–Trinajstić information content (AvgIpc) is 2.36. The smallest absolute Gasteiger partial charge is 0.326 e. The number of nitrogens with one attached hydrogen (secondary N) is 1. The zero-order valence-electron chi connectivity index (χ0n) is 10.4. The maximum atomic E-state index is 11.9. The van der Waals surface area contributed by atoms with Gasteiger partial charge in [-0.15, -0.1) is 0 Å². The lowest BCUT2D eigenvalue weighted by molar-refractivity contribution is -0.139. The van der Waals surface area contributed by atoms with Gasteiger partial charge in [-0.2, -0.15) is 0 Å². The minimum Gasteiger partial charge on any atom is -0.480 e. The molecule has 0 aliphatic rings. The molecule has 108 valence electrons. The fourth-order valence-corrected chi connectivity index (χ4v) is 1.69. The van der Waals surface area contributed by atoms with E-state index < -0.39 is 23.8 Å². The molecule has 0 aromatic heterocycles. The molecule has 0 saturated heterocycles. The van der Waals surface area contributed by atoms with Gasteiger partial charge in [-0.3, -0.25) is 9.59 Å². The number of nitrogen functional groups attached to an aromatic ring is 1. The molecule has 0 radical (unpaired) electrons. The molecular weight excluding hydrogens is 286 g/mol. The number of carbonyl (C=O) groups excluding carboxylic acids is 2. The van der Waals surface area contributed by atoms with Crippen LogP contribution in [0.25, 0.3) is 0 Å². The topological polar surface area (TPSA) is 136 Å². The largest absolute Gasteiger partial charge is 0.480 e. The predicted octanol–water partition coefficient (Wildman–Crippen LogP) is 0.371. The van der Waals surface area contributed by atoms with E-state index in [-0.39, 0.29) is 29.1 Å². The predicted molar refractivity (Wildman–Crippen MR) is 73.2 cm³/mol. The van der Waals surface area contributed by atoms with Crippen molar-refractivity contribution in [3.63, 3.8) is 0 Å². The normalized spacial score (nSPS) is 11.7. The van der Waals surface area contributed by atoms with Crippen LogP contribution in [-0.4, -0.2) is 28.9 Å². The molecule has 0 bridgehead atoms. The summed E-state index contributed by atoms with van der Waals surface area (Å²) in [6.07, 6.45) is -0.251. The number of aliphatic carboxylic acids is 1. The number of carboxylic acids is 1. The summed E-state index contributed by atoms with van der Waals surface area (Å²) in [4.78, 5) is 33.6. The van der Waals surface area contributed by atoms with Gasteiger partial charge in [0.2, 0.25) is 5.91 Å². The molecule has 0 fully saturated rings. The molecule has 20 heavy (non-hydrogen) atoms. The van der Waals surface area contributed by atoms with Crippen molar-refractivity contribution < 1.29 is 19.5 Å². The van der Waals surface area contributed by atoms with Crippen LogP contribution in [0.5, 0.6) is 0 Å². The van der Waals surface area contributed by atoms with Crippen LogP contribution in [0.15, 0.2) is 18.2 Å². The molecule has 1 rings (SSSR count). The van der Waals surface area contributed by atoms with Gasteiger partial charge in [0.25, 0.3) is 5.91 Å². The maximum Gasteiger partial charge on any atom is 0.326 e. The summed E-state index contributed by atoms with van der Waals surface area (Å²) in [6, 6.07) is 3.22.